The van der Waals surface area contributed by atoms with Gasteiger partial charge >= 0.3 is 5.97 Å². The van der Waals surface area contributed by atoms with Crippen molar-refractivity contribution in [2.75, 3.05) is 12.4 Å². The maximum Gasteiger partial charge on any atom is 0.337 e. The molecule has 124 valence electrons. The number of nitrogens with one attached hydrogen (secondary N) is 1. The Morgan fingerprint density at radius 3 is 2.48 bits per heavy atom. The lowest BCUT2D eigenvalue weighted by Crippen LogP contribution is -2.08. The fourth-order valence-corrected chi connectivity index (χ4v) is 2.20. The van der Waals surface area contributed by atoms with E-state index in [0.29, 0.717) is 16.9 Å². The minimum Gasteiger partial charge on any atom is -0.465 e. The van der Waals surface area contributed by atoms with Crippen LogP contribution in [-0.4, -0.2) is 29.0 Å². The van der Waals surface area contributed by atoms with Crippen LogP contribution < -0.4 is 5.32 Å². The molecule has 0 unspecified atom stereocenters. The van der Waals surface area contributed by atoms with Crippen LogP contribution >= 0.6 is 0 Å². The standard InChI is InChI=1S/C19H15N3O3/c1-25-19(24)13-6-8-14(9-7-13)22-18(23)11-10-15-12-20-16-4-2-3-5-17(16)21-15/h2-12H,1H3,(H,22,23)/b11-10+. The Kier molecular flexibility index (Phi) is 4.80. The number of carbonyl (C=O) groups excluding carboxylic acids is 2. The first kappa shape index (κ1) is 16.3. The predicted octanol–water partition coefficient (Wildman–Crippen LogP) is 3.07. The summed E-state index contributed by atoms with van der Waals surface area (Å²) in [4.78, 5) is 32.1. The highest BCUT2D eigenvalue weighted by molar-refractivity contribution is 6.02. The molecule has 1 N–H and O–H groups in total. The Hall–Kier alpha value is -3.54. The van der Waals surface area contributed by atoms with E-state index in [1.807, 2.05) is 24.3 Å². The summed E-state index contributed by atoms with van der Waals surface area (Å²) in [6, 6.07) is 13.9. The zero-order valence-electron chi connectivity index (χ0n) is 13.5. The summed E-state index contributed by atoms with van der Waals surface area (Å²) in [7, 11) is 1.32. The Balaban J connectivity index is 1.66. The molecule has 0 bridgehead atoms. The second kappa shape index (κ2) is 7.35. The average molecular weight is 333 g/mol. The molecule has 0 radical (unpaired) electrons. The highest BCUT2D eigenvalue weighted by Crippen LogP contribution is 2.11. The zero-order chi connectivity index (χ0) is 17.6. The van der Waals surface area contributed by atoms with Crippen LogP contribution in [0.25, 0.3) is 17.1 Å². The number of methoxy groups -OCH3 is 1. The first-order chi connectivity index (χ1) is 12.2. The summed E-state index contributed by atoms with van der Waals surface area (Å²) in [5.74, 6) is -0.728. The van der Waals surface area contributed by atoms with Crippen LogP contribution in [0.15, 0.2) is 60.8 Å². The fraction of sp³-hybridized carbons (Fsp3) is 0.0526. The van der Waals surface area contributed by atoms with E-state index >= 15 is 0 Å². The van der Waals surface area contributed by atoms with Crippen molar-refractivity contribution in [2.45, 2.75) is 0 Å². The van der Waals surface area contributed by atoms with Gasteiger partial charge in [0.2, 0.25) is 5.91 Å². The Morgan fingerprint density at radius 1 is 1.04 bits per heavy atom. The molecule has 1 aromatic heterocycles. The van der Waals surface area contributed by atoms with E-state index in [-0.39, 0.29) is 5.91 Å². The van der Waals surface area contributed by atoms with Crippen LogP contribution in [0, 0.1) is 0 Å². The van der Waals surface area contributed by atoms with Crippen molar-refractivity contribution in [3.8, 4) is 0 Å². The fourth-order valence-electron chi connectivity index (χ4n) is 2.20. The van der Waals surface area contributed by atoms with E-state index in [1.54, 1.807) is 36.5 Å². The highest BCUT2D eigenvalue weighted by Gasteiger charge is 2.05. The topological polar surface area (TPSA) is 81.2 Å². The number of hydrogen-bond acceptors (Lipinski definition) is 5. The minimum atomic E-state index is -0.423. The third-order valence-corrected chi connectivity index (χ3v) is 3.45. The predicted molar refractivity (Wildman–Crippen MR) is 95.0 cm³/mol. The second-order valence-corrected chi connectivity index (χ2v) is 5.18. The largest absolute Gasteiger partial charge is 0.465 e. The van der Waals surface area contributed by atoms with Gasteiger partial charge in [0.15, 0.2) is 0 Å². The number of carbonyl (C=O) groups is 2. The molecule has 0 aliphatic heterocycles. The zero-order valence-corrected chi connectivity index (χ0v) is 13.5. The summed E-state index contributed by atoms with van der Waals surface area (Å²) in [5, 5.41) is 2.71. The number of anilines is 1. The van der Waals surface area contributed by atoms with Crippen LogP contribution in [0.4, 0.5) is 5.69 Å². The molecule has 0 spiro atoms. The van der Waals surface area contributed by atoms with Crippen LogP contribution in [0.5, 0.6) is 0 Å². The number of amides is 1. The molecule has 25 heavy (non-hydrogen) atoms. The van der Waals surface area contributed by atoms with Gasteiger partial charge in [0.05, 0.1) is 35.6 Å². The lowest BCUT2D eigenvalue weighted by atomic mass is 10.2. The summed E-state index contributed by atoms with van der Waals surface area (Å²) in [5.41, 5.74) is 3.16. The van der Waals surface area contributed by atoms with E-state index in [9.17, 15) is 9.59 Å². The maximum absolute atomic E-state index is 12.0. The van der Waals surface area contributed by atoms with Crippen LogP contribution in [-0.2, 0) is 9.53 Å². The minimum absolute atomic E-state index is 0.305. The molecule has 6 nitrogen and oxygen atoms in total. The van der Waals surface area contributed by atoms with Gasteiger partial charge < -0.3 is 10.1 Å². The van der Waals surface area contributed by atoms with E-state index in [1.165, 1.54) is 13.2 Å². The number of hydrogen-bond donors (Lipinski definition) is 1. The SMILES string of the molecule is COC(=O)c1ccc(NC(=O)/C=C/c2cnc3ccccc3n2)cc1. The molecule has 1 heterocycles. The number of aromatic nitrogens is 2. The lowest BCUT2D eigenvalue weighted by molar-refractivity contribution is -0.111. The van der Waals surface area contributed by atoms with Gasteiger partial charge in [-0.15, -0.1) is 0 Å². The van der Waals surface area contributed by atoms with Crippen molar-refractivity contribution in [3.63, 3.8) is 0 Å². The number of nitrogens with zero attached hydrogens (tertiary/aromatic N) is 2. The second-order valence-electron chi connectivity index (χ2n) is 5.18. The first-order valence-corrected chi connectivity index (χ1v) is 7.55. The van der Waals surface area contributed by atoms with Crippen LogP contribution in [0.3, 0.4) is 0 Å². The van der Waals surface area contributed by atoms with Crippen molar-refractivity contribution in [1.82, 2.24) is 9.97 Å². The molecule has 0 aliphatic carbocycles. The highest BCUT2D eigenvalue weighted by atomic mass is 16.5. The molecule has 0 saturated carbocycles. The van der Waals surface area contributed by atoms with Gasteiger partial charge in [-0.2, -0.15) is 0 Å². The van der Waals surface area contributed by atoms with Crippen LogP contribution in [0.2, 0.25) is 0 Å². The van der Waals surface area contributed by atoms with Gasteiger partial charge in [0.25, 0.3) is 0 Å². The third kappa shape index (κ3) is 4.06. The monoisotopic (exact) mass is 333 g/mol. The number of para-hydroxylation sites is 2. The van der Waals surface area contributed by atoms with E-state index in [4.69, 9.17) is 0 Å². The van der Waals surface area contributed by atoms with Crippen molar-refractivity contribution < 1.29 is 14.3 Å². The molecule has 1 amide bonds. The average Bonchev–Trinajstić information content (AvgIpc) is 2.66. The summed E-state index contributed by atoms with van der Waals surface area (Å²) >= 11 is 0. The third-order valence-electron chi connectivity index (χ3n) is 3.45. The number of rotatable bonds is 4. The number of esters is 1. The van der Waals surface area contributed by atoms with Gasteiger partial charge in [0.1, 0.15) is 0 Å². The van der Waals surface area contributed by atoms with Gasteiger partial charge in [-0.1, -0.05) is 12.1 Å². The van der Waals surface area contributed by atoms with Gasteiger partial charge in [-0.25, -0.2) is 9.78 Å². The number of ether oxygens (including phenoxy) is 1. The Morgan fingerprint density at radius 2 is 1.76 bits per heavy atom. The van der Waals surface area contributed by atoms with E-state index in [0.717, 1.165) is 11.0 Å². The molecule has 0 fully saturated rings. The molecule has 0 saturated heterocycles. The molecule has 3 rings (SSSR count). The molecule has 6 heteroatoms. The molecular formula is C19H15N3O3. The van der Waals surface area contributed by atoms with Crippen molar-refractivity contribution >= 4 is 34.7 Å². The molecule has 3 aromatic rings. The van der Waals surface area contributed by atoms with Crippen molar-refractivity contribution in [1.29, 1.82) is 0 Å². The van der Waals surface area contributed by atoms with Gasteiger partial charge in [-0.3, -0.25) is 9.78 Å². The summed E-state index contributed by atoms with van der Waals surface area (Å²) in [6.07, 6.45) is 4.59. The van der Waals surface area contributed by atoms with Crippen LogP contribution in [0.1, 0.15) is 16.1 Å². The quantitative estimate of drug-likeness (QED) is 0.586. The Bertz CT molecular complexity index is 950. The summed E-state index contributed by atoms with van der Waals surface area (Å²) in [6.45, 7) is 0. The van der Waals surface area contributed by atoms with Gasteiger partial charge in [-0.05, 0) is 42.5 Å². The van der Waals surface area contributed by atoms with Gasteiger partial charge in [0, 0.05) is 11.8 Å². The normalized spacial score (nSPS) is 10.8. The first-order valence-electron chi connectivity index (χ1n) is 7.55. The molecule has 2 aromatic carbocycles. The molecular weight excluding hydrogens is 318 g/mol. The number of fused-ring (bicyclic) bond motifs is 1. The Labute approximate surface area is 144 Å². The smallest absolute Gasteiger partial charge is 0.337 e. The lowest BCUT2D eigenvalue weighted by Gasteiger charge is -2.03. The molecule has 0 aliphatic rings. The van der Waals surface area contributed by atoms with Crippen molar-refractivity contribution in [3.05, 3.63) is 72.1 Å². The maximum atomic E-state index is 12.0. The molecule has 0 atom stereocenters. The van der Waals surface area contributed by atoms with E-state index in [2.05, 4.69) is 20.0 Å². The van der Waals surface area contributed by atoms with Crippen molar-refractivity contribution in [2.24, 2.45) is 0 Å². The number of benzene rings is 2. The van der Waals surface area contributed by atoms with E-state index < -0.39 is 5.97 Å². The summed E-state index contributed by atoms with van der Waals surface area (Å²) < 4.78 is 4.62.